The molecule has 0 aromatic carbocycles. The molecule has 1 unspecified atom stereocenters. The summed E-state index contributed by atoms with van der Waals surface area (Å²) in [5.41, 5.74) is 5.71. The summed E-state index contributed by atoms with van der Waals surface area (Å²) in [6.45, 7) is 10.00. The molecule has 0 saturated heterocycles. The van der Waals surface area contributed by atoms with Crippen LogP contribution in [0.25, 0.3) is 0 Å². The molecule has 3 fully saturated rings. The van der Waals surface area contributed by atoms with Crippen LogP contribution < -0.4 is 0 Å². The topological polar surface area (TPSA) is 20.2 Å². The molecule has 4 aliphatic carbocycles. The average Bonchev–Trinajstić information content (AvgIpc) is 3.04. The Bertz CT molecular complexity index is 682. The first-order valence-corrected chi connectivity index (χ1v) is 12.1. The lowest BCUT2D eigenvalue weighted by atomic mass is 9.50. The lowest BCUT2D eigenvalue weighted by Gasteiger charge is -2.54. The van der Waals surface area contributed by atoms with Gasteiger partial charge in [-0.05, 0) is 99.2 Å². The van der Waals surface area contributed by atoms with E-state index in [0.29, 0.717) is 10.8 Å². The normalized spacial score (nSPS) is 41.5. The third kappa shape index (κ3) is 3.26. The highest BCUT2D eigenvalue weighted by Crippen LogP contribution is 2.66. The Balaban J connectivity index is 1.52. The zero-order chi connectivity index (χ0) is 19.9. The quantitative estimate of drug-likeness (QED) is 0.497. The SMILES string of the molecule is CC(=CCCC(C)[C@H]1CC[C@H]2C3=CC=C4CCCC[C@]4(C)[C@H]3CC[C@]12C)CO. The lowest BCUT2D eigenvalue weighted by molar-refractivity contribution is 0.0485. The average molecular weight is 383 g/mol. The molecular formula is C27H42O. The molecule has 156 valence electrons. The van der Waals surface area contributed by atoms with Crippen molar-refractivity contribution in [2.45, 2.75) is 91.9 Å². The second-order valence-electron chi connectivity index (χ2n) is 11.1. The second-order valence-corrected chi connectivity index (χ2v) is 11.1. The first kappa shape index (κ1) is 20.5. The predicted octanol–water partition coefficient (Wildman–Crippen LogP) is 7.23. The summed E-state index contributed by atoms with van der Waals surface area (Å²) in [5, 5.41) is 9.24. The van der Waals surface area contributed by atoms with Crippen molar-refractivity contribution >= 4 is 0 Å². The monoisotopic (exact) mass is 382 g/mol. The number of rotatable bonds is 5. The van der Waals surface area contributed by atoms with Gasteiger partial charge in [0.1, 0.15) is 0 Å². The molecule has 1 nitrogen and oxygen atoms in total. The Morgan fingerprint density at radius 2 is 1.96 bits per heavy atom. The molecule has 4 aliphatic rings. The van der Waals surface area contributed by atoms with E-state index in [0.717, 1.165) is 35.7 Å². The fraction of sp³-hybridized carbons (Fsp3) is 0.778. The van der Waals surface area contributed by atoms with E-state index in [1.807, 2.05) is 12.5 Å². The van der Waals surface area contributed by atoms with Crippen LogP contribution in [-0.2, 0) is 0 Å². The molecule has 0 bridgehead atoms. The fourth-order valence-electron chi connectivity index (χ4n) is 7.87. The van der Waals surface area contributed by atoms with Gasteiger partial charge in [0.05, 0.1) is 6.61 Å². The maximum atomic E-state index is 9.24. The van der Waals surface area contributed by atoms with Gasteiger partial charge >= 0.3 is 0 Å². The van der Waals surface area contributed by atoms with E-state index >= 15 is 0 Å². The second kappa shape index (κ2) is 7.78. The third-order valence-electron chi connectivity index (χ3n) is 9.61. The van der Waals surface area contributed by atoms with Crippen LogP contribution in [0, 0.1) is 34.5 Å². The van der Waals surface area contributed by atoms with E-state index in [4.69, 9.17) is 0 Å². The van der Waals surface area contributed by atoms with Crippen LogP contribution in [0.1, 0.15) is 91.9 Å². The molecule has 4 rings (SSSR count). The van der Waals surface area contributed by atoms with E-state index < -0.39 is 0 Å². The molecular weight excluding hydrogens is 340 g/mol. The molecule has 0 aromatic rings. The van der Waals surface area contributed by atoms with Gasteiger partial charge in [0.25, 0.3) is 0 Å². The zero-order valence-corrected chi connectivity index (χ0v) is 18.8. The fourth-order valence-corrected chi connectivity index (χ4v) is 7.87. The molecule has 0 aliphatic heterocycles. The summed E-state index contributed by atoms with van der Waals surface area (Å²) in [4.78, 5) is 0. The summed E-state index contributed by atoms with van der Waals surface area (Å²) in [5.74, 6) is 3.31. The van der Waals surface area contributed by atoms with E-state index in [9.17, 15) is 5.11 Å². The van der Waals surface area contributed by atoms with Crippen molar-refractivity contribution in [2.24, 2.45) is 34.5 Å². The van der Waals surface area contributed by atoms with E-state index in [2.05, 4.69) is 39.0 Å². The highest BCUT2D eigenvalue weighted by molar-refractivity contribution is 5.38. The van der Waals surface area contributed by atoms with Gasteiger partial charge in [0, 0.05) is 0 Å². The van der Waals surface area contributed by atoms with Crippen molar-refractivity contribution in [3.05, 3.63) is 34.9 Å². The van der Waals surface area contributed by atoms with Gasteiger partial charge < -0.3 is 5.11 Å². The molecule has 0 spiro atoms. The van der Waals surface area contributed by atoms with Gasteiger partial charge in [-0.3, -0.25) is 0 Å². The summed E-state index contributed by atoms with van der Waals surface area (Å²) in [6.07, 6.45) is 21.1. The Morgan fingerprint density at radius 1 is 1.14 bits per heavy atom. The number of aliphatic hydroxyl groups is 1. The van der Waals surface area contributed by atoms with Crippen LogP contribution in [0.5, 0.6) is 0 Å². The van der Waals surface area contributed by atoms with Crippen LogP contribution >= 0.6 is 0 Å². The van der Waals surface area contributed by atoms with Crippen molar-refractivity contribution in [3.63, 3.8) is 0 Å². The third-order valence-corrected chi connectivity index (χ3v) is 9.61. The van der Waals surface area contributed by atoms with Crippen molar-refractivity contribution in [1.82, 2.24) is 0 Å². The molecule has 0 radical (unpaired) electrons. The largest absolute Gasteiger partial charge is 0.392 e. The smallest absolute Gasteiger partial charge is 0.0639 e. The highest BCUT2D eigenvalue weighted by Gasteiger charge is 2.56. The molecule has 0 heterocycles. The number of aliphatic hydroxyl groups excluding tert-OH is 1. The summed E-state index contributed by atoms with van der Waals surface area (Å²) in [6, 6.07) is 0. The first-order chi connectivity index (χ1) is 13.4. The van der Waals surface area contributed by atoms with E-state index in [1.165, 1.54) is 57.8 Å². The highest BCUT2D eigenvalue weighted by atomic mass is 16.3. The number of allylic oxidation sites excluding steroid dienone is 5. The molecule has 0 amide bonds. The maximum Gasteiger partial charge on any atom is 0.0639 e. The standard InChI is InChI=1S/C27H42O/c1-19(18-28)8-7-9-20(2)23-13-14-24-22-12-11-21-10-5-6-16-26(21,3)25(22)15-17-27(23,24)4/h8,11-12,20,23-25,28H,5-7,9-10,13-18H2,1-4H3/t20?,23-,24+,25+,26+,27-/m1/s1. The Hall–Kier alpha value is -0.820. The summed E-state index contributed by atoms with van der Waals surface area (Å²) >= 11 is 0. The van der Waals surface area contributed by atoms with Crippen LogP contribution in [0.15, 0.2) is 34.9 Å². The molecule has 1 heteroatoms. The Morgan fingerprint density at radius 3 is 2.75 bits per heavy atom. The molecule has 28 heavy (non-hydrogen) atoms. The number of hydrogen-bond acceptors (Lipinski definition) is 1. The van der Waals surface area contributed by atoms with Gasteiger partial charge in [-0.1, -0.05) is 62.1 Å². The maximum absolute atomic E-state index is 9.24. The van der Waals surface area contributed by atoms with Gasteiger partial charge in [-0.2, -0.15) is 0 Å². The zero-order valence-electron chi connectivity index (χ0n) is 18.8. The van der Waals surface area contributed by atoms with Gasteiger partial charge in [0.15, 0.2) is 0 Å². The van der Waals surface area contributed by atoms with Crippen molar-refractivity contribution in [3.8, 4) is 0 Å². The summed E-state index contributed by atoms with van der Waals surface area (Å²) < 4.78 is 0. The molecule has 3 saturated carbocycles. The molecule has 6 atom stereocenters. The predicted molar refractivity (Wildman–Crippen MR) is 119 cm³/mol. The minimum Gasteiger partial charge on any atom is -0.392 e. The van der Waals surface area contributed by atoms with Gasteiger partial charge in [-0.15, -0.1) is 0 Å². The van der Waals surface area contributed by atoms with Crippen molar-refractivity contribution < 1.29 is 5.11 Å². The van der Waals surface area contributed by atoms with E-state index in [1.54, 1.807) is 5.57 Å². The lowest BCUT2D eigenvalue weighted by Crippen LogP contribution is -2.45. The number of fused-ring (bicyclic) bond motifs is 5. The Kier molecular flexibility index (Phi) is 5.69. The van der Waals surface area contributed by atoms with Gasteiger partial charge in [-0.25, -0.2) is 0 Å². The number of hydrogen-bond donors (Lipinski definition) is 1. The Labute approximate surface area is 173 Å². The van der Waals surface area contributed by atoms with Crippen LogP contribution in [-0.4, -0.2) is 11.7 Å². The van der Waals surface area contributed by atoms with Crippen molar-refractivity contribution in [1.29, 1.82) is 0 Å². The summed E-state index contributed by atoms with van der Waals surface area (Å²) in [7, 11) is 0. The van der Waals surface area contributed by atoms with E-state index in [-0.39, 0.29) is 6.61 Å². The molecule has 0 aromatic heterocycles. The minimum absolute atomic E-state index is 0.210. The minimum atomic E-state index is 0.210. The van der Waals surface area contributed by atoms with Crippen LogP contribution in [0.2, 0.25) is 0 Å². The first-order valence-electron chi connectivity index (χ1n) is 12.1. The van der Waals surface area contributed by atoms with Crippen LogP contribution in [0.3, 0.4) is 0 Å². The van der Waals surface area contributed by atoms with Crippen LogP contribution in [0.4, 0.5) is 0 Å². The molecule has 1 N–H and O–H groups in total. The van der Waals surface area contributed by atoms with Crippen molar-refractivity contribution in [2.75, 3.05) is 6.61 Å². The van der Waals surface area contributed by atoms with Gasteiger partial charge in [0.2, 0.25) is 0 Å².